The van der Waals surface area contributed by atoms with Crippen LogP contribution in [-0.2, 0) is 0 Å². The fraction of sp³-hybridized carbons (Fsp3) is 0.571. The lowest BCUT2D eigenvalue weighted by atomic mass is 10.3. The largest absolute Gasteiger partial charge is 0.306 e. The van der Waals surface area contributed by atoms with Gasteiger partial charge in [0.05, 0.1) is 6.54 Å². The van der Waals surface area contributed by atoms with Gasteiger partial charge in [-0.1, -0.05) is 13.0 Å². The number of hydrogen-bond donors (Lipinski definition) is 1. The Hall–Kier alpha value is -0.790. The summed E-state index contributed by atoms with van der Waals surface area (Å²) in [5, 5.41) is 4.03. The lowest BCUT2D eigenvalue weighted by Crippen LogP contribution is -2.07. The number of nitrogens with zero attached hydrogens (tertiary/aromatic N) is 1. The molecule has 0 unspecified atom stereocenters. The minimum Gasteiger partial charge on any atom is -0.306 e. The maximum Gasteiger partial charge on any atom is 0.0507 e. The first-order valence-electron chi connectivity index (χ1n) is 3.18. The van der Waals surface area contributed by atoms with E-state index in [1.165, 1.54) is 0 Å². The standard InChI is InChI=1S/C7H14N2/c1-4-6-8-9-7(3)5-2/h4,8H,1,5-6H2,2-3H3/b9-7+. The third-order valence-corrected chi connectivity index (χ3v) is 1.02. The van der Waals surface area contributed by atoms with Crippen molar-refractivity contribution in [1.29, 1.82) is 0 Å². The van der Waals surface area contributed by atoms with E-state index in [0.29, 0.717) is 0 Å². The van der Waals surface area contributed by atoms with Crippen molar-refractivity contribution < 1.29 is 0 Å². The Balaban J connectivity index is 3.31. The second kappa shape index (κ2) is 5.35. The molecule has 0 bridgehead atoms. The molecule has 0 aliphatic rings. The van der Waals surface area contributed by atoms with Crippen molar-refractivity contribution in [2.24, 2.45) is 5.10 Å². The van der Waals surface area contributed by atoms with Gasteiger partial charge in [0.25, 0.3) is 0 Å². The molecule has 0 aliphatic heterocycles. The summed E-state index contributed by atoms with van der Waals surface area (Å²) in [5.41, 5.74) is 3.98. The molecule has 0 aliphatic carbocycles. The van der Waals surface area contributed by atoms with Crippen LogP contribution in [0.2, 0.25) is 0 Å². The van der Waals surface area contributed by atoms with Gasteiger partial charge in [-0.3, -0.25) is 0 Å². The molecule has 0 amide bonds. The first-order valence-corrected chi connectivity index (χ1v) is 3.18. The van der Waals surface area contributed by atoms with E-state index in [9.17, 15) is 0 Å². The molecule has 2 heteroatoms. The van der Waals surface area contributed by atoms with E-state index in [1.807, 2.05) is 6.92 Å². The second-order valence-corrected chi connectivity index (χ2v) is 1.85. The normalized spacial score (nSPS) is 11.1. The second-order valence-electron chi connectivity index (χ2n) is 1.85. The van der Waals surface area contributed by atoms with Crippen molar-refractivity contribution in [2.45, 2.75) is 20.3 Å². The lowest BCUT2D eigenvalue weighted by molar-refractivity contribution is 0.819. The number of hydrazone groups is 1. The molecule has 0 atom stereocenters. The van der Waals surface area contributed by atoms with E-state index in [2.05, 4.69) is 24.0 Å². The smallest absolute Gasteiger partial charge is 0.0507 e. The van der Waals surface area contributed by atoms with Crippen molar-refractivity contribution in [3.63, 3.8) is 0 Å². The molecule has 0 spiro atoms. The fourth-order valence-corrected chi connectivity index (χ4v) is 0.324. The molecule has 9 heavy (non-hydrogen) atoms. The predicted octanol–water partition coefficient (Wildman–Crippen LogP) is 1.55. The monoisotopic (exact) mass is 126 g/mol. The van der Waals surface area contributed by atoms with Gasteiger partial charge in [0.1, 0.15) is 0 Å². The summed E-state index contributed by atoms with van der Waals surface area (Å²) in [7, 11) is 0. The van der Waals surface area contributed by atoms with Crippen molar-refractivity contribution in [1.82, 2.24) is 5.43 Å². The van der Waals surface area contributed by atoms with Gasteiger partial charge in [-0.05, 0) is 13.3 Å². The third-order valence-electron chi connectivity index (χ3n) is 1.02. The minimum atomic E-state index is 0.747. The minimum absolute atomic E-state index is 0.747. The highest BCUT2D eigenvalue weighted by Gasteiger charge is 1.80. The van der Waals surface area contributed by atoms with E-state index in [1.54, 1.807) is 6.08 Å². The predicted molar refractivity (Wildman–Crippen MR) is 41.6 cm³/mol. The maximum absolute atomic E-state index is 4.03. The van der Waals surface area contributed by atoms with E-state index < -0.39 is 0 Å². The van der Waals surface area contributed by atoms with Crippen LogP contribution in [-0.4, -0.2) is 12.3 Å². The van der Waals surface area contributed by atoms with Gasteiger partial charge in [0.2, 0.25) is 0 Å². The number of rotatable bonds is 4. The van der Waals surface area contributed by atoms with E-state index in [4.69, 9.17) is 0 Å². The Morgan fingerprint density at radius 2 is 2.44 bits per heavy atom. The fourth-order valence-electron chi connectivity index (χ4n) is 0.324. The number of hydrogen-bond acceptors (Lipinski definition) is 2. The van der Waals surface area contributed by atoms with Gasteiger partial charge in [-0.15, -0.1) is 6.58 Å². The topological polar surface area (TPSA) is 24.4 Å². The van der Waals surface area contributed by atoms with E-state index in [-0.39, 0.29) is 0 Å². The van der Waals surface area contributed by atoms with Crippen LogP contribution in [0.1, 0.15) is 20.3 Å². The van der Waals surface area contributed by atoms with Crippen LogP contribution in [0.4, 0.5) is 0 Å². The molecule has 0 saturated carbocycles. The van der Waals surface area contributed by atoms with Gasteiger partial charge < -0.3 is 5.43 Å². The Kier molecular flexibility index (Phi) is 4.88. The zero-order valence-corrected chi connectivity index (χ0v) is 6.15. The van der Waals surface area contributed by atoms with Gasteiger partial charge in [0.15, 0.2) is 0 Å². The van der Waals surface area contributed by atoms with E-state index >= 15 is 0 Å². The van der Waals surface area contributed by atoms with Gasteiger partial charge in [-0.25, -0.2) is 0 Å². The van der Waals surface area contributed by atoms with Gasteiger partial charge >= 0.3 is 0 Å². The van der Waals surface area contributed by atoms with Crippen LogP contribution in [0.3, 0.4) is 0 Å². The zero-order chi connectivity index (χ0) is 7.11. The summed E-state index contributed by atoms with van der Waals surface area (Å²) in [6.45, 7) is 8.37. The number of nitrogens with one attached hydrogen (secondary N) is 1. The first kappa shape index (κ1) is 8.21. The molecule has 52 valence electrons. The molecular weight excluding hydrogens is 112 g/mol. The molecule has 0 fully saturated rings. The maximum atomic E-state index is 4.03. The molecule has 1 N–H and O–H groups in total. The van der Waals surface area contributed by atoms with Crippen LogP contribution in [0.25, 0.3) is 0 Å². The molecule has 0 saturated heterocycles. The average molecular weight is 126 g/mol. The SMILES string of the molecule is C=CCN/N=C(\C)CC. The zero-order valence-electron chi connectivity index (χ0n) is 6.15. The Labute approximate surface area is 56.7 Å². The summed E-state index contributed by atoms with van der Waals surface area (Å²) < 4.78 is 0. The van der Waals surface area contributed by atoms with Crippen molar-refractivity contribution in [2.75, 3.05) is 6.54 Å². The molecule has 2 nitrogen and oxygen atoms in total. The van der Waals surface area contributed by atoms with E-state index in [0.717, 1.165) is 18.7 Å². The Morgan fingerprint density at radius 3 is 2.89 bits per heavy atom. The Bertz CT molecular complexity index is 105. The molecule has 0 heterocycles. The summed E-state index contributed by atoms with van der Waals surface area (Å²) in [5.74, 6) is 0. The van der Waals surface area contributed by atoms with Crippen molar-refractivity contribution in [3.8, 4) is 0 Å². The van der Waals surface area contributed by atoms with Gasteiger partial charge in [0, 0.05) is 5.71 Å². The van der Waals surface area contributed by atoms with Crippen LogP contribution in [0, 0.1) is 0 Å². The molecular formula is C7H14N2. The lowest BCUT2D eigenvalue weighted by Gasteiger charge is -1.95. The quantitative estimate of drug-likeness (QED) is 0.263. The summed E-state index contributed by atoms with van der Waals surface area (Å²) >= 11 is 0. The first-order chi connectivity index (χ1) is 4.31. The summed E-state index contributed by atoms with van der Waals surface area (Å²) in [4.78, 5) is 0. The molecule has 0 radical (unpaired) electrons. The van der Waals surface area contributed by atoms with Crippen LogP contribution < -0.4 is 5.43 Å². The summed E-state index contributed by atoms with van der Waals surface area (Å²) in [6.07, 6.45) is 2.79. The van der Waals surface area contributed by atoms with Crippen LogP contribution in [0.15, 0.2) is 17.8 Å². The van der Waals surface area contributed by atoms with Crippen molar-refractivity contribution >= 4 is 5.71 Å². The third kappa shape index (κ3) is 5.07. The molecule has 0 aromatic heterocycles. The van der Waals surface area contributed by atoms with Crippen LogP contribution >= 0.6 is 0 Å². The average Bonchev–Trinajstić information content (AvgIpc) is 1.89. The Morgan fingerprint density at radius 1 is 1.78 bits per heavy atom. The molecule has 0 aromatic rings. The molecule has 0 rings (SSSR count). The summed E-state index contributed by atoms with van der Waals surface area (Å²) in [6, 6.07) is 0. The van der Waals surface area contributed by atoms with Crippen LogP contribution in [0.5, 0.6) is 0 Å². The molecule has 0 aromatic carbocycles. The van der Waals surface area contributed by atoms with Crippen molar-refractivity contribution in [3.05, 3.63) is 12.7 Å². The van der Waals surface area contributed by atoms with Gasteiger partial charge in [-0.2, -0.15) is 5.10 Å². The highest BCUT2D eigenvalue weighted by Crippen LogP contribution is 1.79. The highest BCUT2D eigenvalue weighted by molar-refractivity contribution is 5.81. The highest BCUT2D eigenvalue weighted by atomic mass is 15.3.